The third kappa shape index (κ3) is 3.29. The van der Waals surface area contributed by atoms with E-state index in [0.29, 0.717) is 30.1 Å². The molecule has 2 aromatic heterocycles. The van der Waals surface area contributed by atoms with Gasteiger partial charge in [-0.3, -0.25) is 14.5 Å². The van der Waals surface area contributed by atoms with E-state index in [9.17, 15) is 4.79 Å². The van der Waals surface area contributed by atoms with Crippen molar-refractivity contribution < 1.29 is 9.53 Å². The number of methoxy groups -OCH3 is 1. The molecule has 2 aromatic rings. The van der Waals surface area contributed by atoms with Gasteiger partial charge < -0.3 is 15.8 Å². The van der Waals surface area contributed by atoms with Crippen molar-refractivity contribution in [2.75, 3.05) is 24.8 Å². The third-order valence-corrected chi connectivity index (χ3v) is 2.52. The molecular formula is C12H15N5O2. The van der Waals surface area contributed by atoms with E-state index < -0.39 is 0 Å². The van der Waals surface area contributed by atoms with Crippen LogP contribution in [0.1, 0.15) is 10.4 Å². The molecule has 0 aliphatic rings. The Kier molecular flexibility index (Phi) is 4.09. The van der Waals surface area contributed by atoms with Crippen molar-refractivity contribution in [2.45, 2.75) is 6.54 Å². The summed E-state index contributed by atoms with van der Waals surface area (Å²) >= 11 is 0. The van der Waals surface area contributed by atoms with Crippen molar-refractivity contribution in [3.05, 3.63) is 36.4 Å². The molecule has 0 aliphatic carbocycles. The van der Waals surface area contributed by atoms with Gasteiger partial charge >= 0.3 is 0 Å². The Morgan fingerprint density at radius 2 is 2.37 bits per heavy atom. The Balaban J connectivity index is 2.03. The number of carbonyl (C=O) groups excluding carboxylic acids is 1. The topological polar surface area (TPSA) is 95.1 Å². The van der Waals surface area contributed by atoms with Gasteiger partial charge in [0.05, 0.1) is 30.6 Å². The largest absolute Gasteiger partial charge is 0.398 e. The van der Waals surface area contributed by atoms with Crippen molar-refractivity contribution in [3.8, 4) is 0 Å². The Hall–Kier alpha value is -2.41. The zero-order valence-electron chi connectivity index (χ0n) is 10.5. The molecular weight excluding hydrogens is 246 g/mol. The van der Waals surface area contributed by atoms with Gasteiger partial charge in [0.2, 0.25) is 0 Å². The van der Waals surface area contributed by atoms with E-state index in [1.807, 2.05) is 0 Å². The molecule has 0 atom stereocenters. The molecule has 0 radical (unpaired) electrons. The van der Waals surface area contributed by atoms with Gasteiger partial charge in [0.1, 0.15) is 0 Å². The predicted octanol–water partition coefficient (Wildman–Crippen LogP) is 0.759. The summed E-state index contributed by atoms with van der Waals surface area (Å²) in [5, 5.41) is 6.81. The van der Waals surface area contributed by atoms with Crippen LogP contribution in [0.3, 0.4) is 0 Å². The molecule has 3 N–H and O–H groups in total. The maximum atomic E-state index is 12.0. The average molecular weight is 261 g/mol. The highest BCUT2D eigenvalue weighted by molar-refractivity contribution is 6.07. The van der Waals surface area contributed by atoms with Crippen LogP contribution in [0.15, 0.2) is 30.9 Å². The number of amides is 1. The summed E-state index contributed by atoms with van der Waals surface area (Å²) in [6.45, 7) is 1.19. The summed E-state index contributed by atoms with van der Waals surface area (Å²) in [7, 11) is 1.62. The van der Waals surface area contributed by atoms with Crippen LogP contribution >= 0.6 is 0 Å². The fourth-order valence-electron chi connectivity index (χ4n) is 1.53. The van der Waals surface area contributed by atoms with E-state index in [4.69, 9.17) is 10.5 Å². The molecule has 100 valence electrons. The lowest BCUT2D eigenvalue weighted by molar-refractivity contribution is 0.102. The maximum absolute atomic E-state index is 12.0. The minimum atomic E-state index is -0.308. The first-order valence-corrected chi connectivity index (χ1v) is 5.73. The van der Waals surface area contributed by atoms with Gasteiger partial charge in [0.15, 0.2) is 0 Å². The molecule has 0 saturated carbocycles. The second-order valence-corrected chi connectivity index (χ2v) is 3.90. The molecule has 0 aliphatic heterocycles. The number of hydrogen-bond donors (Lipinski definition) is 2. The molecule has 1 amide bonds. The van der Waals surface area contributed by atoms with Crippen LogP contribution in [0.5, 0.6) is 0 Å². The van der Waals surface area contributed by atoms with Crippen molar-refractivity contribution in [2.24, 2.45) is 0 Å². The lowest BCUT2D eigenvalue weighted by Crippen LogP contribution is -2.14. The maximum Gasteiger partial charge on any atom is 0.259 e. The number of nitrogens with zero attached hydrogens (tertiary/aromatic N) is 3. The first kappa shape index (κ1) is 13.0. The van der Waals surface area contributed by atoms with Crippen LogP contribution in [-0.4, -0.2) is 34.4 Å². The second-order valence-electron chi connectivity index (χ2n) is 3.90. The Labute approximate surface area is 110 Å². The van der Waals surface area contributed by atoms with Crippen LogP contribution < -0.4 is 11.1 Å². The van der Waals surface area contributed by atoms with Gasteiger partial charge in [-0.2, -0.15) is 5.10 Å². The van der Waals surface area contributed by atoms with E-state index in [-0.39, 0.29) is 5.91 Å². The fourth-order valence-corrected chi connectivity index (χ4v) is 1.53. The van der Waals surface area contributed by atoms with E-state index in [2.05, 4.69) is 15.4 Å². The highest BCUT2D eigenvalue weighted by Gasteiger charge is 2.10. The van der Waals surface area contributed by atoms with Gasteiger partial charge in [-0.05, 0) is 6.07 Å². The number of nitrogens with two attached hydrogens (primary N) is 1. The van der Waals surface area contributed by atoms with E-state index in [1.165, 1.54) is 12.4 Å². The van der Waals surface area contributed by atoms with Crippen molar-refractivity contribution >= 4 is 17.3 Å². The number of anilines is 2. The number of pyridine rings is 1. The summed E-state index contributed by atoms with van der Waals surface area (Å²) < 4.78 is 6.63. The molecule has 0 unspecified atom stereocenters. The number of hydrogen-bond acceptors (Lipinski definition) is 5. The summed E-state index contributed by atoms with van der Waals surface area (Å²) in [5.41, 5.74) is 7.04. The molecule has 0 spiro atoms. The SMILES string of the molecule is COCCn1cc(NC(=O)c2cnccc2N)cn1. The van der Waals surface area contributed by atoms with E-state index in [0.717, 1.165) is 0 Å². The van der Waals surface area contributed by atoms with Gasteiger partial charge in [-0.1, -0.05) is 0 Å². The Bertz CT molecular complexity index is 567. The minimum Gasteiger partial charge on any atom is -0.398 e. The average Bonchev–Trinajstić information content (AvgIpc) is 2.84. The Morgan fingerprint density at radius 3 is 3.11 bits per heavy atom. The van der Waals surface area contributed by atoms with Crippen LogP contribution in [0, 0.1) is 0 Å². The molecule has 19 heavy (non-hydrogen) atoms. The lowest BCUT2D eigenvalue weighted by Gasteiger charge is -2.04. The monoisotopic (exact) mass is 261 g/mol. The van der Waals surface area contributed by atoms with Crippen molar-refractivity contribution in [3.63, 3.8) is 0 Å². The normalized spacial score (nSPS) is 10.4. The summed E-state index contributed by atoms with van der Waals surface area (Å²) in [6, 6.07) is 1.58. The molecule has 7 nitrogen and oxygen atoms in total. The number of carbonyl (C=O) groups is 1. The number of ether oxygens (including phenoxy) is 1. The van der Waals surface area contributed by atoms with E-state index >= 15 is 0 Å². The fraction of sp³-hybridized carbons (Fsp3) is 0.250. The molecule has 7 heteroatoms. The number of nitrogen functional groups attached to an aromatic ring is 1. The highest BCUT2D eigenvalue weighted by Crippen LogP contribution is 2.12. The highest BCUT2D eigenvalue weighted by atomic mass is 16.5. The van der Waals surface area contributed by atoms with Crippen molar-refractivity contribution in [1.29, 1.82) is 0 Å². The van der Waals surface area contributed by atoms with Gasteiger partial charge in [-0.25, -0.2) is 0 Å². The first-order valence-electron chi connectivity index (χ1n) is 5.73. The molecule has 0 bridgehead atoms. The zero-order valence-corrected chi connectivity index (χ0v) is 10.5. The van der Waals surface area contributed by atoms with Crippen LogP contribution in [0.4, 0.5) is 11.4 Å². The summed E-state index contributed by atoms with van der Waals surface area (Å²) in [5.74, 6) is -0.308. The van der Waals surface area contributed by atoms with E-state index in [1.54, 1.807) is 30.3 Å². The second kappa shape index (κ2) is 5.96. The lowest BCUT2D eigenvalue weighted by atomic mass is 10.2. The van der Waals surface area contributed by atoms with Crippen molar-refractivity contribution in [1.82, 2.24) is 14.8 Å². The molecule has 0 saturated heterocycles. The van der Waals surface area contributed by atoms with Crippen LogP contribution in [0.2, 0.25) is 0 Å². The zero-order chi connectivity index (χ0) is 13.7. The third-order valence-electron chi connectivity index (χ3n) is 2.52. The van der Waals surface area contributed by atoms with Gasteiger partial charge in [0, 0.05) is 31.4 Å². The molecule has 2 rings (SSSR count). The quantitative estimate of drug-likeness (QED) is 0.828. The molecule has 2 heterocycles. The van der Waals surface area contributed by atoms with Gasteiger partial charge in [-0.15, -0.1) is 0 Å². The molecule has 0 fully saturated rings. The standard InChI is InChI=1S/C12H15N5O2/c1-19-5-4-17-8-9(6-15-17)16-12(18)10-7-14-3-2-11(10)13/h2-3,6-8H,4-5H2,1H3,(H2,13,14)(H,16,18). The molecule has 0 aromatic carbocycles. The number of rotatable bonds is 5. The number of aromatic nitrogens is 3. The Morgan fingerprint density at radius 1 is 1.53 bits per heavy atom. The predicted molar refractivity (Wildman–Crippen MR) is 70.7 cm³/mol. The van der Waals surface area contributed by atoms with Crippen LogP contribution in [0.25, 0.3) is 0 Å². The minimum absolute atomic E-state index is 0.308. The number of nitrogens with one attached hydrogen (secondary N) is 1. The van der Waals surface area contributed by atoms with Gasteiger partial charge in [0.25, 0.3) is 5.91 Å². The smallest absolute Gasteiger partial charge is 0.259 e. The van der Waals surface area contributed by atoms with Crippen LogP contribution in [-0.2, 0) is 11.3 Å². The summed E-state index contributed by atoms with van der Waals surface area (Å²) in [6.07, 6.45) is 6.26. The summed E-state index contributed by atoms with van der Waals surface area (Å²) in [4.78, 5) is 15.8. The first-order chi connectivity index (χ1) is 9.20.